The van der Waals surface area contributed by atoms with Gasteiger partial charge in [-0.2, -0.15) is 0 Å². The van der Waals surface area contributed by atoms with E-state index < -0.39 is 92.2 Å². The SMILES string of the molecule is NC[C@H]1O[C@@H](OC2C(O)[C@H](N)CC(N)[C@H]2O[C@H]2OC(CO)[C@@H](O)C(O)[C@H]2N)C(O)C1O. The van der Waals surface area contributed by atoms with Crippen LogP contribution in [0.15, 0.2) is 0 Å². The molecule has 0 aromatic heterocycles. The third kappa shape index (κ3) is 4.87. The highest BCUT2D eigenvalue weighted by molar-refractivity contribution is 5.01. The summed E-state index contributed by atoms with van der Waals surface area (Å²) in [7, 11) is 0. The van der Waals surface area contributed by atoms with Crippen molar-refractivity contribution in [1.29, 1.82) is 0 Å². The molecule has 7 unspecified atom stereocenters. The fraction of sp³-hybridized carbons (Fsp3) is 1.00. The van der Waals surface area contributed by atoms with Gasteiger partial charge in [0.05, 0.1) is 18.8 Å². The highest BCUT2D eigenvalue weighted by Crippen LogP contribution is 2.31. The molecule has 2 heterocycles. The quantitative estimate of drug-likeness (QED) is 0.179. The van der Waals surface area contributed by atoms with Crippen molar-refractivity contribution in [3.8, 4) is 0 Å². The summed E-state index contributed by atoms with van der Waals surface area (Å²) in [6.07, 6.45) is -13.8. The van der Waals surface area contributed by atoms with E-state index in [0.717, 1.165) is 0 Å². The number of nitrogens with two attached hydrogens (primary N) is 4. The molecule has 0 aromatic rings. The van der Waals surface area contributed by atoms with Gasteiger partial charge in [-0.1, -0.05) is 0 Å². The van der Waals surface area contributed by atoms with Gasteiger partial charge in [-0.3, -0.25) is 0 Å². The molecule has 3 rings (SSSR count). The molecule has 3 fully saturated rings. The Morgan fingerprint density at radius 3 is 1.87 bits per heavy atom. The first-order valence-electron chi connectivity index (χ1n) is 10.2. The van der Waals surface area contributed by atoms with Crippen LogP contribution in [0.2, 0.25) is 0 Å². The van der Waals surface area contributed by atoms with Gasteiger partial charge in [0.15, 0.2) is 12.6 Å². The summed E-state index contributed by atoms with van der Waals surface area (Å²) in [6, 6.07) is -2.76. The minimum absolute atomic E-state index is 0.0716. The van der Waals surface area contributed by atoms with E-state index in [1.54, 1.807) is 0 Å². The van der Waals surface area contributed by atoms with Gasteiger partial charge < -0.3 is 72.5 Å². The topological polar surface area (TPSA) is 262 Å². The fourth-order valence-electron chi connectivity index (χ4n) is 4.16. The second-order valence-corrected chi connectivity index (χ2v) is 8.30. The Morgan fingerprint density at radius 2 is 1.29 bits per heavy atom. The smallest absolute Gasteiger partial charge is 0.187 e. The summed E-state index contributed by atoms with van der Waals surface area (Å²) in [5.74, 6) is 0. The number of aliphatic hydroxyl groups is 6. The predicted octanol–water partition coefficient (Wildman–Crippen LogP) is -6.65. The summed E-state index contributed by atoms with van der Waals surface area (Å²) in [5.41, 5.74) is 23.6. The van der Waals surface area contributed by atoms with Gasteiger partial charge in [0, 0.05) is 18.6 Å². The molecular weight excluding hydrogens is 420 g/mol. The standard InChI is InChI=1S/C17H34N4O10/c18-2-6-10(24)13(27)17(28-6)31-15-9(23)4(19)1-5(20)14(15)30-16-8(21)12(26)11(25)7(3-22)29-16/h4-17,22-27H,1-3,18-21H2/t4-,5?,6-,7?,8-,9?,10?,11-,12?,13?,14-,15?,16-,17+/m1/s1. The lowest BCUT2D eigenvalue weighted by molar-refractivity contribution is -0.310. The molecule has 2 aliphatic heterocycles. The van der Waals surface area contributed by atoms with Crippen molar-refractivity contribution in [2.24, 2.45) is 22.9 Å². The lowest BCUT2D eigenvalue weighted by Crippen LogP contribution is -2.68. The average Bonchev–Trinajstić information content (AvgIpc) is 3.02. The molecule has 1 aliphatic carbocycles. The van der Waals surface area contributed by atoms with Crippen LogP contribution in [0.1, 0.15) is 6.42 Å². The fourth-order valence-corrected chi connectivity index (χ4v) is 4.16. The maximum atomic E-state index is 10.6. The molecule has 0 aromatic carbocycles. The summed E-state index contributed by atoms with van der Waals surface area (Å²) >= 11 is 0. The molecule has 31 heavy (non-hydrogen) atoms. The molecule has 14 N–H and O–H groups in total. The molecule has 182 valence electrons. The monoisotopic (exact) mass is 454 g/mol. The number of hydrogen-bond acceptors (Lipinski definition) is 14. The second-order valence-electron chi connectivity index (χ2n) is 8.30. The number of aliphatic hydroxyl groups excluding tert-OH is 6. The van der Waals surface area contributed by atoms with E-state index >= 15 is 0 Å². The van der Waals surface area contributed by atoms with Crippen molar-refractivity contribution in [3.63, 3.8) is 0 Å². The molecular formula is C17H34N4O10. The van der Waals surface area contributed by atoms with Crippen LogP contribution >= 0.6 is 0 Å². The van der Waals surface area contributed by atoms with Gasteiger partial charge in [-0.25, -0.2) is 0 Å². The average molecular weight is 454 g/mol. The van der Waals surface area contributed by atoms with E-state index in [9.17, 15) is 30.6 Å². The Labute approximate surface area is 178 Å². The summed E-state index contributed by atoms with van der Waals surface area (Å²) in [4.78, 5) is 0. The van der Waals surface area contributed by atoms with Crippen molar-refractivity contribution in [2.45, 2.75) is 92.1 Å². The van der Waals surface area contributed by atoms with E-state index in [1.165, 1.54) is 0 Å². The van der Waals surface area contributed by atoms with Gasteiger partial charge in [0.25, 0.3) is 0 Å². The minimum atomic E-state index is -1.46. The molecule has 2 saturated heterocycles. The maximum absolute atomic E-state index is 10.6. The van der Waals surface area contributed by atoms with Gasteiger partial charge in [-0.05, 0) is 6.42 Å². The Hall–Kier alpha value is -0.560. The third-order valence-electron chi connectivity index (χ3n) is 6.13. The van der Waals surface area contributed by atoms with Crippen LogP contribution < -0.4 is 22.9 Å². The maximum Gasteiger partial charge on any atom is 0.187 e. The summed E-state index contributed by atoms with van der Waals surface area (Å²) < 4.78 is 22.5. The van der Waals surface area contributed by atoms with Gasteiger partial charge in [0.2, 0.25) is 0 Å². The van der Waals surface area contributed by atoms with Crippen LogP contribution in [0, 0.1) is 0 Å². The number of rotatable bonds is 6. The van der Waals surface area contributed by atoms with Gasteiger partial charge >= 0.3 is 0 Å². The Kier molecular flexibility index (Phi) is 8.21. The van der Waals surface area contributed by atoms with Crippen molar-refractivity contribution in [3.05, 3.63) is 0 Å². The first kappa shape index (κ1) is 25.1. The lowest BCUT2D eigenvalue weighted by Gasteiger charge is -2.47. The normalized spacial score (nSPS) is 53.6. The molecule has 0 amide bonds. The summed E-state index contributed by atoms with van der Waals surface area (Å²) in [5, 5.41) is 60.3. The predicted molar refractivity (Wildman–Crippen MR) is 102 cm³/mol. The zero-order valence-corrected chi connectivity index (χ0v) is 16.8. The van der Waals surface area contributed by atoms with Crippen LogP contribution in [0.4, 0.5) is 0 Å². The van der Waals surface area contributed by atoms with Gasteiger partial charge in [0.1, 0.15) is 48.8 Å². The van der Waals surface area contributed by atoms with E-state index in [4.69, 9.17) is 41.9 Å². The van der Waals surface area contributed by atoms with Crippen molar-refractivity contribution >= 4 is 0 Å². The number of hydrogen-bond donors (Lipinski definition) is 10. The van der Waals surface area contributed by atoms with Crippen LogP contribution in [0.3, 0.4) is 0 Å². The zero-order valence-electron chi connectivity index (χ0n) is 16.8. The highest BCUT2D eigenvalue weighted by Gasteiger charge is 2.52. The van der Waals surface area contributed by atoms with Gasteiger partial charge in [-0.15, -0.1) is 0 Å². The van der Waals surface area contributed by atoms with Crippen LogP contribution in [0.5, 0.6) is 0 Å². The number of ether oxygens (including phenoxy) is 4. The lowest BCUT2D eigenvalue weighted by atomic mass is 9.84. The van der Waals surface area contributed by atoms with Crippen molar-refractivity contribution < 1.29 is 49.6 Å². The van der Waals surface area contributed by atoms with Crippen molar-refractivity contribution in [2.75, 3.05) is 13.2 Å². The van der Waals surface area contributed by atoms with E-state index in [0.29, 0.717) is 0 Å². The molecule has 0 spiro atoms. The first-order valence-corrected chi connectivity index (χ1v) is 10.2. The van der Waals surface area contributed by atoms with Crippen molar-refractivity contribution in [1.82, 2.24) is 0 Å². The van der Waals surface area contributed by atoms with Crippen LogP contribution in [0.25, 0.3) is 0 Å². The van der Waals surface area contributed by atoms with Crippen LogP contribution in [-0.4, -0.2) is 129 Å². The summed E-state index contributed by atoms with van der Waals surface area (Å²) in [6.45, 7) is -0.673. The third-order valence-corrected chi connectivity index (χ3v) is 6.13. The van der Waals surface area contributed by atoms with Crippen LogP contribution in [-0.2, 0) is 18.9 Å². The Balaban J connectivity index is 1.78. The first-order chi connectivity index (χ1) is 14.6. The molecule has 1 saturated carbocycles. The minimum Gasteiger partial charge on any atom is -0.394 e. The Morgan fingerprint density at radius 1 is 0.710 bits per heavy atom. The molecule has 0 radical (unpaired) electrons. The molecule has 14 atom stereocenters. The zero-order chi connectivity index (χ0) is 23.0. The molecule has 14 nitrogen and oxygen atoms in total. The molecule has 3 aliphatic rings. The molecule has 14 heteroatoms. The largest absolute Gasteiger partial charge is 0.394 e. The van der Waals surface area contributed by atoms with E-state index in [1.807, 2.05) is 0 Å². The van der Waals surface area contributed by atoms with E-state index in [-0.39, 0.29) is 13.0 Å². The van der Waals surface area contributed by atoms with E-state index in [2.05, 4.69) is 0 Å². The second kappa shape index (κ2) is 10.1. The Bertz CT molecular complexity index is 591. The molecule has 0 bridgehead atoms. The highest BCUT2D eigenvalue weighted by atomic mass is 16.7.